The van der Waals surface area contributed by atoms with Gasteiger partial charge in [-0.05, 0) is 56.8 Å². The highest BCUT2D eigenvalue weighted by atomic mass is 16.2. The summed E-state index contributed by atoms with van der Waals surface area (Å²) in [6, 6.07) is 20.9. The van der Waals surface area contributed by atoms with Gasteiger partial charge in [-0.1, -0.05) is 60.7 Å². The molecule has 2 fully saturated rings. The number of rotatable bonds is 5. The van der Waals surface area contributed by atoms with Crippen LogP contribution in [-0.4, -0.2) is 47.9 Å². The van der Waals surface area contributed by atoms with Crippen molar-refractivity contribution in [1.82, 2.24) is 9.80 Å². The third kappa shape index (κ3) is 3.53. The van der Waals surface area contributed by atoms with Crippen molar-refractivity contribution in [3.8, 4) is 0 Å². The highest BCUT2D eigenvalue weighted by molar-refractivity contribution is 5.92. The van der Waals surface area contributed by atoms with E-state index in [0.717, 1.165) is 37.1 Å². The topological polar surface area (TPSA) is 23.6 Å². The lowest BCUT2D eigenvalue weighted by molar-refractivity contribution is -0.136. The number of carbonyl (C=O) groups excluding carboxylic acids is 1. The Morgan fingerprint density at radius 2 is 1.44 bits per heavy atom. The van der Waals surface area contributed by atoms with Crippen LogP contribution >= 0.6 is 0 Å². The minimum atomic E-state index is -0.643. The van der Waals surface area contributed by atoms with Crippen molar-refractivity contribution < 1.29 is 4.79 Å². The Hall–Kier alpha value is -2.13. The normalized spacial score (nSPS) is 20.9. The Labute approximate surface area is 163 Å². The van der Waals surface area contributed by atoms with Crippen LogP contribution in [0.15, 0.2) is 60.7 Å². The summed E-state index contributed by atoms with van der Waals surface area (Å²) in [6.07, 6.45) is 4.84. The molecule has 0 unspecified atom stereocenters. The van der Waals surface area contributed by atoms with E-state index < -0.39 is 5.41 Å². The second-order valence-electron chi connectivity index (χ2n) is 8.16. The summed E-state index contributed by atoms with van der Waals surface area (Å²) in [5, 5.41) is 0. The molecule has 2 heterocycles. The lowest BCUT2D eigenvalue weighted by Gasteiger charge is -2.37. The van der Waals surface area contributed by atoms with Crippen LogP contribution in [0, 0.1) is 0 Å². The third-order valence-electron chi connectivity index (χ3n) is 6.44. The van der Waals surface area contributed by atoms with Crippen LogP contribution in [0.4, 0.5) is 0 Å². The smallest absolute Gasteiger partial charge is 0.237 e. The van der Waals surface area contributed by atoms with E-state index in [-0.39, 0.29) is 5.91 Å². The SMILES string of the molecule is CC(C(=O)N1CCC[C@H]1CN1CCCC1)(c1ccccc1)c1ccccc1. The van der Waals surface area contributed by atoms with Crippen LogP contribution in [0.2, 0.25) is 0 Å². The lowest BCUT2D eigenvalue weighted by Crippen LogP contribution is -2.50. The van der Waals surface area contributed by atoms with Crippen molar-refractivity contribution in [1.29, 1.82) is 0 Å². The fourth-order valence-electron chi connectivity index (χ4n) is 4.80. The van der Waals surface area contributed by atoms with Gasteiger partial charge in [-0.2, -0.15) is 0 Å². The molecule has 2 aliphatic heterocycles. The summed E-state index contributed by atoms with van der Waals surface area (Å²) in [4.78, 5) is 18.7. The number of hydrogen-bond donors (Lipinski definition) is 0. The highest BCUT2D eigenvalue weighted by Crippen LogP contribution is 2.36. The molecule has 2 aromatic rings. The molecule has 0 radical (unpaired) electrons. The van der Waals surface area contributed by atoms with Crippen molar-refractivity contribution in [2.75, 3.05) is 26.2 Å². The minimum absolute atomic E-state index is 0.251. The quantitative estimate of drug-likeness (QED) is 0.800. The fraction of sp³-hybridized carbons (Fsp3) is 0.458. The van der Waals surface area contributed by atoms with E-state index >= 15 is 0 Å². The van der Waals surface area contributed by atoms with Gasteiger partial charge in [-0.3, -0.25) is 4.79 Å². The Morgan fingerprint density at radius 1 is 0.889 bits per heavy atom. The van der Waals surface area contributed by atoms with Crippen LogP contribution < -0.4 is 0 Å². The maximum absolute atomic E-state index is 14.0. The molecular weight excluding hydrogens is 332 g/mol. The average molecular weight is 363 g/mol. The summed E-state index contributed by atoms with van der Waals surface area (Å²) in [7, 11) is 0. The molecule has 27 heavy (non-hydrogen) atoms. The summed E-state index contributed by atoms with van der Waals surface area (Å²) in [5.41, 5.74) is 1.51. The van der Waals surface area contributed by atoms with Crippen LogP contribution in [-0.2, 0) is 10.2 Å². The molecular formula is C24H30N2O. The molecule has 0 saturated carbocycles. The zero-order valence-electron chi connectivity index (χ0n) is 16.3. The molecule has 1 amide bonds. The van der Waals surface area contributed by atoms with Crippen LogP contribution in [0.3, 0.4) is 0 Å². The standard InChI is InChI=1S/C24H30N2O/c1-24(20-11-4-2-5-12-20,21-13-6-3-7-14-21)23(27)26-18-10-15-22(26)19-25-16-8-9-17-25/h2-7,11-14,22H,8-10,15-19H2,1H3/t22-/m0/s1. The van der Waals surface area contributed by atoms with E-state index in [0.29, 0.717) is 6.04 Å². The van der Waals surface area contributed by atoms with E-state index in [2.05, 4.69) is 41.0 Å². The molecule has 0 spiro atoms. The molecule has 0 aliphatic carbocycles. The molecule has 1 atom stereocenters. The monoisotopic (exact) mass is 362 g/mol. The van der Waals surface area contributed by atoms with E-state index in [1.807, 2.05) is 36.4 Å². The van der Waals surface area contributed by atoms with Gasteiger partial charge >= 0.3 is 0 Å². The van der Waals surface area contributed by atoms with Gasteiger partial charge < -0.3 is 9.80 Å². The highest BCUT2D eigenvalue weighted by Gasteiger charge is 2.43. The van der Waals surface area contributed by atoms with Crippen molar-refractivity contribution >= 4 is 5.91 Å². The van der Waals surface area contributed by atoms with E-state index in [1.165, 1.54) is 25.9 Å². The third-order valence-corrected chi connectivity index (χ3v) is 6.44. The van der Waals surface area contributed by atoms with Crippen LogP contribution in [0.25, 0.3) is 0 Å². The minimum Gasteiger partial charge on any atom is -0.337 e. The molecule has 142 valence electrons. The van der Waals surface area contributed by atoms with E-state index in [9.17, 15) is 4.79 Å². The second kappa shape index (κ2) is 7.85. The molecule has 3 nitrogen and oxygen atoms in total. The predicted octanol–water partition coefficient (Wildman–Crippen LogP) is 4.08. The number of hydrogen-bond acceptors (Lipinski definition) is 2. The number of amides is 1. The zero-order valence-corrected chi connectivity index (χ0v) is 16.3. The maximum Gasteiger partial charge on any atom is 0.237 e. The fourth-order valence-corrected chi connectivity index (χ4v) is 4.80. The molecule has 0 N–H and O–H groups in total. The van der Waals surface area contributed by atoms with Gasteiger partial charge in [0, 0.05) is 19.1 Å². The van der Waals surface area contributed by atoms with Crippen LogP contribution in [0.5, 0.6) is 0 Å². The van der Waals surface area contributed by atoms with Gasteiger partial charge in [0.25, 0.3) is 0 Å². The maximum atomic E-state index is 14.0. The Balaban J connectivity index is 1.66. The Bertz CT molecular complexity index is 713. The summed E-state index contributed by atoms with van der Waals surface area (Å²) in [6.45, 7) is 6.39. The number of benzene rings is 2. The van der Waals surface area contributed by atoms with Gasteiger partial charge in [0.2, 0.25) is 5.91 Å². The zero-order chi connectivity index (χ0) is 18.7. The van der Waals surface area contributed by atoms with Gasteiger partial charge in [0.1, 0.15) is 0 Å². The van der Waals surface area contributed by atoms with E-state index in [4.69, 9.17) is 0 Å². The van der Waals surface area contributed by atoms with Gasteiger partial charge in [0.15, 0.2) is 0 Å². The second-order valence-corrected chi connectivity index (χ2v) is 8.16. The van der Waals surface area contributed by atoms with Gasteiger partial charge in [0.05, 0.1) is 5.41 Å². The van der Waals surface area contributed by atoms with Crippen molar-refractivity contribution in [3.63, 3.8) is 0 Å². The largest absolute Gasteiger partial charge is 0.337 e. The Morgan fingerprint density at radius 3 is 2.00 bits per heavy atom. The first-order valence-electron chi connectivity index (χ1n) is 10.3. The summed E-state index contributed by atoms with van der Waals surface area (Å²) >= 11 is 0. The van der Waals surface area contributed by atoms with Crippen molar-refractivity contribution in [2.45, 2.75) is 44.1 Å². The lowest BCUT2D eigenvalue weighted by atomic mass is 9.75. The van der Waals surface area contributed by atoms with Crippen LogP contribution in [0.1, 0.15) is 43.7 Å². The molecule has 2 aliphatic rings. The van der Waals surface area contributed by atoms with Crippen molar-refractivity contribution in [2.24, 2.45) is 0 Å². The van der Waals surface area contributed by atoms with Gasteiger partial charge in [-0.25, -0.2) is 0 Å². The first-order valence-corrected chi connectivity index (χ1v) is 10.3. The molecule has 3 heteroatoms. The summed E-state index contributed by atoms with van der Waals surface area (Å²) < 4.78 is 0. The average Bonchev–Trinajstić information content (AvgIpc) is 3.40. The Kier molecular flexibility index (Phi) is 5.31. The predicted molar refractivity (Wildman–Crippen MR) is 110 cm³/mol. The number of nitrogens with zero attached hydrogens (tertiary/aromatic N) is 2. The first kappa shape index (κ1) is 18.2. The first-order chi connectivity index (χ1) is 13.2. The van der Waals surface area contributed by atoms with Crippen molar-refractivity contribution in [3.05, 3.63) is 71.8 Å². The molecule has 0 aromatic heterocycles. The number of carbonyl (C=O) groups is 1. The van der Waals surface area contributed by atoms with E-state index in [1.54, 1.807) is 0 Å². The summed E-state index contributed by atoms with van der Waals surface area (Å²) in [5.74, 6) is 0.251. The number of likely N-dealkylation sites (tertiary alicyclic amines) is 2. The molecule has 4 rings (SSSR count). The molecule has 2 saturated heterocycles. The molecule has 0 bridgehead atoms. The van der Waals surface area contributed by atoms with Gasteiger partial charge in [-0.15, -0.1) is 0 Å². The molecule has 2 aromatic carbocycles.